The van der Waals surface area contributed by atoms with Gasteiger partial charge in [-0.1, -0.05) is 0 Å². The fraction of sp³-hybridized carbons (Fsp3) is 0.714. The molecule has 1 atom stereocenters. The second kappa shape index (κ2) is 3.37. The molecule has 0 aliphatic carbocycles. The molecule has 11 heavy (non-hydrogen) atoms. The first-order chi connectivity index (χ1) is 5.25. The average molecular weight is 157 g/mol. The number of hydrogen-bond acceptors (Lipinski definition) is 3. The first-order valence-electron chi connectivity index (χ1n) is 3.70. The molecule has 4 nitrogen and oxygen atoms in total. The van der Waals surface area contributed by atoms with Crippen LogP contribution in [0.15, 0.2) is 0 Å². The smallest absolute Gasteiger partial charge is 0.318 e. The average Bonchev–Trinajstić information content (AvgIpc) is 2.36. The van der Waals surface area contributed by atoms with E-state index in [2.05, 4.69) is 5.32 Å². The molecule has 0 radical (unpaired) electrons. The highest BCUT2D eigenvalue weighted by Gasteiger charge is 2.31. The van der Waals surface area contributed by atoms with Crippen LogP contribution >= 0.6 is 0 Å². The van der Waals surface area contributed by atoms with Crippen LogP contribution in [0.1, 0.15) is 13.3 Å². The summed E-state index contributed by atoms with van der Waals surface area (Å²) in [7, 11) is 0. The first kappa shape index (κ1) is 8.04. The van der Waals surface area contributed by atoms with Gasteiger partial charge in [0.15, 0.2) is 0 Å². The molecule has 0 spiro atoms. The predicted molar refractivity (Wildman–Crippen MR) is 37.7 cm³/mol. The molecule has 1 heterocycles. The van der Waals surface area contributed by atoms with Crippen LogP contribution in [0.3, 0.4) is 0 Å². The largest absolute Gasteiger partial charge is 0.465 e. The third-order valence-electron chi connectivity index (χ3n) is 1.62. The van der Waals surface area contributed by atoms with Gasteiger partial charge >= 0.3 is 5.97 Å². The number of ether oxygens (including phenoxy) is 1. The summed E-state index contributed by atoms with van der Waals surface area (Å²) in [6, 6.07) is 0. The van der Waals surface area contributed by atoms with Gasteiger partial charge in [-0.05, 0) is 13.3 Å². The fourth-order valence-electron chi connectivity index (χ4n) is 1.06. The summed E-state index contributed by atoms with van der Waals surface area (Å²) in [5.74, 6) is -1.17. The molecule has 0 unspecified atom stereocenters. The molecule has 0 aromatic heterocycles. The lowest BCUT2D eigenvalue weighted by Gasteiger charge is -2.04. The SMILES string of the molecule is CCOC(=O)[C@@H]1CCNC1=O. The van der Waals surface area contributed by atoms with Crippen molar-refractivity contribution in [3.8, 4) is 0 Å². The van der Waals surface area contributed by atoms with Gasteiger partial charge in [-0.25, -0.2) is 0 Å². The molecule has 1 aliphatic rings. The molecule has 1 rings (SSSR count). The molecule has 0 saturated carbocycles. The standard InChI is InChI=1S/C7H11NO3/c1-2-11-7(10)5-3-4-8-6(5)9/h5H,2-4H2,1H3,(H,8,9)/t5-/m1/s1. The topological polar surface area (TPSA) is 55.4 Å². The molecule has 1 N–H and O–H groups in total. The van der Waals surface area contributed by atoms with Crippen molar-refractivity contribution in [2.45, 2.75) is 13.3 Å². The number of hydrogen-bond donors (Lipinski definition) is 1. The van der Waals surface area contributed by atoms with Gasteiger partial charge in [0.25, 0.3) is 0 Å². The summed E-state index contributed by atoms with van der Waals surface area (Å²) >= 11 is 0. The van der Waals surface area contributed by atoms with E-state index < -0.39 is 11.9 Å². The van der Waals surface area contributed by atoms with E-state index in [0.717, 1.165) is 0 Å². The van der Waals surface area contributed by atoms with Gasteiger partial charge in [0, 0.05) is 6.54 Å². The number of esters is 1. The number of rotatable bonds is 2. The Morgan fingerprint density at radius 1 is 1.82 bits per heavy atom. The fourth-order valence-corrected chi connectivity index (χ4v) is 1.06. The molecule has 1 amide bonds. The van der Waals surface area contributed by atoms with Gasteiger partial charge in [-0.15, -0.1) is 0 Å². The van der Waals surface area contributed by atoms with E-state index in [1.54, 1.807) is 6.92 Å². The zero-order chi connectivity index (χ0) is 8.27. The summed E-state index contributed by atoms with van der Waals surface area (Å²) < 4.78 is 4.70. The van der Waals surface area contributed by atoms with Crippen molar-refractivity contribution in [2.24, 2.45) is 5.92 Å². The van der Waals surface area contributed by atoms with Crippen molar-refractivity contribution in [2.75, 3.05) is 13.2 Å². The van der Waals surface area contributed by atoms with Gasteiger partial charge in [-0.2, -0.15) is 0 Å². The van der Waals surface area contributed by atoms with E-state index in [0.29, 0.717) is 19.6 Å². The second-order valence-electron chi connectivity index (χ2n) is 2.38. The van der Waals surface area contributed by atoms with Crippen LogP contribution in [-0.2, 0) is 14.3 Å². The third-order valence-corrected chi connectivity index (χ3v) is 1.62. The lowest BCUT2D eigenvalue weighted by molar-refractivity contribution is -0.150. The summed E-state index contributed by atoms with van der Waals surface area (Å²) in [4.78, 5) is 21.9. The zero-order valence-corrected chi connectivity index (χ0v) is 6.42. The molecular weight excluding hydrogens is 146 g/mol. The Morgan fingerprint density at radius 3 is 3.00 bits per heavy atom. The lowest BCUT2D eigenvalue weighted by Crippen LogP contribution is -2.26. The molecule has 1 aliphatic heterocycles. The Balaban J connectivity index is 2.46. The number of amides is 1. The minimum absolute atomic E-state index is 0.205. The molecule has 4 heteroatoms. The van der Waals surface area contributed by atoms with Crippen LogP contribution in [0, 0.1) is 5.92 Å². The van der Waals surface area contributed by atoms with Crippen molar-refractivity contribution < 1.29 is 14.3 Å². The third kappa shape index (κ3) is 1.69. The molecular formula is C7H11NO3. The van der Waals surface area contributed by atoms with Crippen molar-refractivity contribution in [1.82, 2.24) is 5.32 Å². The van der Waals surface area contributed by atoms with Gasteiger partial charge in [0.05, 0.1) is 6.61 Å². The normalized spacial score (nSPS) is 23.0. The maximum absolute atomic E-state index is 11.0. The highest BCUT2D eigenvalue weighted by Crippen LogP contribution is 2.10. The maximum atomic E-state index is 11.0. The number of nitrogens with one attached hydrogen (secondary N) is 1. The van der Waals surface area contributed by atoms with Gasteiger partial charge in [-0.3, -0.25) is 9.59 Å². The molecule has 0 aromatic rings. The Bertz CT molecular complexity index is 179. The minimum atomic E-state index is -0.560. The maximum Gasteiger partial charge on any atom is 0.318 e. The van der Waals surface area contributed by atoms with Gasteiger partial charge < -0.3 is 10.1 Å². The van der Waals surface area contributed by atoms with Crippen LogP contribution in [-0.4, -0.2) is 25.0 Å². The van der Waals surface area contributed by atoms with Crippen molar-refractivity contribution in [3.63, 3.8) is 0 Å². The molecule has 1 saturated heterocycles. The number of carbonyl (C=O) groups is 2. The van der Waals surface area contributed by atoms with Crippen LogP contribution in [0.2, 0.25) is 0 Å². The molecule has 1 fully saturated rings. The van der Waals surface area contributed by atoms with E-state index in [-0.39, 0.29) is 5.91 Å². The van der Waals surface area contributed by atoms with Crippen LogP contribution in [0.25, 0.3) is 0 Å². The Kier molecular flexibility index (Phi) is 2.46. The molecule has 0 aromatic carbocycles. The first-order valence-corrected chi connectivity index (χ1v) is 3.70. The monoisotopic (exact) mass is 157 g/mol. The van der Waals surface area contributed by atoms with Gasteiger partial charge in [0.2, 0.25) is 5.91 Å². The van der Waals surface area contributed by atoms with Crippen molar-refractivity contribution in [1.29, 1.82) is 0 Å². The minimum Gasteiger partial charge on any atom is -0.465 e. The van der Waals surface area contributed by atoms with E-state index in [1.165, 1.54) is 0 Å². The van der Waals surface area contributed by atoms with E-state index in [1.807, 2.05) is 0 Å². The van der Waals surface area contributed by atoms with E-state index in [4.69, 9.17) is 4.74 Å². The second-order valence-corrected chi connectivity index (χ2v) is 2.38. The summed E-state index contributed by atoms with van der Waals surface area (Å²) in [5, 5.41) is 2.57. The zero-order valence-electron chi connectivity index (χ0n) is 6.42. The van der Waals surface area contributed by atoms with Gasteiger partial charge in [0.1, 0.15) is 5.92 Å². The molecule has 0 bridgehead atoms. The summed E-state index contributed by atoms with van der Waals surface area (Å²) in [6.07, 6.45) is 0.567. The quantitative estimate of drug-likeness (QED) is 0.441. The Hall–Kier alpha value is -1.06. The Morgan fingerprint density at radius 2 is 2.55 bits per heavy atom. The van der Waals surface area contributed by atoms with E-state index in [9.17, 15) is 9.59 Å². The van der Waals surface area contributed by atoms with Crippen molar-refractivity contribution >= 4 is 11.9 Å². The highest BCUT2D eigenvalue weighted by atomic mass is 16.5. The predicted octanol–water partition coefficient (Wildman–Crippen LogP) is -0.314. The van der Waals surface area contributed by atoms with Crippen LogP contribution in [0.5, 0.6) is 0 Å². The van der Waals surface area contributed by atoms with Crippen LogP contribution < -0.4 is 5.32 Å². The molecule has 62 valence electrons. The highest BCUT2D eigenvalue weighted by molar-refractivity contribution is 5.99. The Labute approximate surface area is 64.9 Å². The summed E-state index contributed by atoms with van der Waals surface area (Å²) in [5.41, 5.74) is 0. The number of carbonyl (C=O) groups excluding carboxylic acids is 2. The van der Waals surface area contributed by atoms with E-state index >= 15 is 0 Å². The summed E-state index contributed by atoms with van der Waals surface area (Å²) in [6.45, 7) is 2.65. The lowest BCUT2D eigenvalue weighted by atomic mass is 10.1. The van der Waals surface area contributed by atoms with Crippen LogP contribution in [0.4, 0.5) is 0 Å². The van der Waals surface area contributed by atoms with Crippen molar-refractivity contribution in [3.05, 3.63) is 0 Å².